The molecule has 0 bridgehead atoms. The highest BCUT2D eigenvalue weighted by molar-refractivity contribution is 7.14. The van der Waals surface area contributed by atoms with Gasteiger partial charge in [0, 0.05) is 22.3 Å². The van der Waals surface area contributed by atoms with Crippen LogP contribution < -0.4 is 10.1 Å². The van der Waals surface area contributed by atoms with Crippen LogP contribution >= 0.6 is 22.9 Å². The van der Waals surface area contributed by atoms with E-state index in [0.717, 1.165) is 16.4 Å². The number of hydrogen-bond donors (Lipinski definition) is 1. The Balaban J connectivity index is 1.92. The fourth-order valence-electron chi connectivity index (χ4n) is 2.29. The van der Waals surface area contributed by atoms with Crippen molar-refractivity contribution >= 4 is 34.5 Å². The van der Waals surface area contributed by atoms with E-state index < -0.39 is 0 Å². The maximum absolute atomic E-state index is 12.7. The number of aryl methyl sites for hydroxylation is 1. The van der Waals surface area contributed by atoms with Crippen LogP contribution in [0.1, 0.15) is 22.3 Å². The number of anilines is 1. The Labute approximate surface area is 148 Å². The van der Waals surface area contributed by atoms with Crippen molar-refractivity contribution in [3.05, 3.63) is 58.3 Å². The molecule has 0 aliphatic heterocycles. The largest absolute Gasteiger partial charge is 0.495 e. The second kappa shape index (κ2) is 7.07. The maximum atomic E-state index is 12.7. The molecule has 3 aromatic rings. The van der Waals surface area contributed by atoms with Gasteiger partial charge < -0.3 is 14.6 Å². The second-order valence-corrected chi connectivity index (χ2v) is 6.51. The van der Waals surface area contributed by atoms with E-state index in [1.165, 1.54) is 11.3 Å². The van der Waals surface area contributed by atoms with Gasteiger partial charge in [-0.25, -0.2) is 4.98 Å². The standard InChI is InChI=1S/C17H16ClN3O2S/c1-3-14-15(20-17(24-14)21-8-4-5-9-21)16(22)19-12-10-11(18)6-7-13(12)23-2/h4-10H,3H2,1-2H3,(H,19,22). The van der Waals surface area contributed by atoms with Crippen LogP contribution in [0.2, 0.25) is 5.02 Å². The molecule has 3 rings (SSSR count). The third-order valence-corrected chi connectivity index (χ3v) is 4.91. The highest BCUT2D eigenvalue weighted by Gasteiger charge is 2.19. The molecule has 0 saturated carbocycles. The van der Waals surface area contributed by atoms with Crippen LogP contribution in [-0.4, -0.2) is 22.6 Å². The Hall–Kier alpha value is -2.31. The van der Waals surface area contributed by atoms with E-state index in [-0.39, 0.29) is 5.91 Å². The smallest absolute Gasteiger partial charge is 0.275 e. The minimum absolute atomic E-state index is 0.276. The molecule has 0 aliphatic rings. The van der Waals surface area contributed by atoms with Crippen molar-refractivity contribution in [2.45, 2.75) is 13.3 Å². The van der Waals surface area contributed by atoms with Crippen molar-refractivity contribution in [1.29, 1.82) is 0 Å². The quantitative estimate of drug-likeness (QED) is 0.732. The lowest BCUT2D eigenvalue weighted by Crippen LogP contribution is -2.15. The minimum atomic E-state index is -0.276. The summed E-state index contributed by atoms with van der Waals surface area (Å²) < 4.78 is 7.15. The second-order valence-electron chi connectivity index (χ2n) is 5.01. The molecule has 1 N–H and O–H groups in total. The average Bonchev–Trinajstić information content (AvgIpc) is 3.24. The first-order valence-corrected chi connectivity index (χ1v) is 8.59. The molecule has 24 heavy (non-hydrogen) atoms. The summed E-state index contributed by atoms with van der Waals surface area (Å²) in [6, 6.07) is 8.92. The molecular weight excluding hydrogens is 346 g/mol. The molecule has 0 aliphatic carbocycles. The maximum Gasteiger partial charge on any atom is 0.275 e. The number of nitrogens with zero attached hydrogens (tertiary/aromatic N) is 2. The van der Waals surface area contributed by atoms with Crippen molar-refractivity contribution in [3.8, 4) is 10.9 Å². The zero-order chi connectivity index (χ0) is 17.1. The predicted molar refractivity (Wildman–Crippen MR) is 96.8 cm³/mol. The molecule has 0 saturated heterocycles. The summed E-state index contributed by atoms with van der Waals surface area (Å²) in [5.74, 6) is 0.272. The molecule has 0 unspecified atom stereocenters. The van der Waals surface area contributed by atoms with Gasteiger partial charge in [0.2, 0.25) is 0 Å². The molecule has 0 spiro atoms. The first-order valence-electron chi connectivity index (χ1n) is 7.40. The summed E-state index contributed by atoms with van der Waals surface area (Å²) in [4.78, 5) is 18.1. The number of thiazole rings is 1. The molecular formula is C17H16ClN3O2S. The Morgan fingerprint density at radius 1 is 1.38 bits per heavy atom. The van der Waals surface area contributed by atoms with Crippen LogP contribution in [0.3, 0.4) is 0 Å². The van der Waals surface area contributed by atoms with Gasteiger partial charge in [-0.3, -0.25) is 4.79 Å². The first-order chi connectivity index (χ1) is 11.6. The summed E-state index contributed by atoms with van der Waals surface area (Å²) in [5.41, 5.74) is 0.945. The third kappa shape index (κ3) is 3.29. The summed E-state index contributed by atoms with van der Waals surface area (Å²) in [7, 11) is 1.54. The van der Waals surface area contributed by atoms with Crippen LogP contribution in [0.4, 0.5) is 5.69 Å². The van der Waals surface area contributed by atoms with Crippen molar-refractivity contribution in [3.63, 3.8) is 0 Å². The first kappa shape index (κ1) is 16.5. The number of aromatic nitrogens is 2. The van der Waals surface area contributed by atoms with E-state index in [1.54, 1.807) is 25.3 Å². The van der Waals surface area contributed by atoms with Gasteiger partial charge in [0.05, 0.1) is 12.8 Å². The molecule has 0 radical (unpaired) electrons. The summed E-state index contributed by atoms with van der Waals surface area (Å²) in [6.07, 6.45) is 4.54. The molecule has 5 nitrogen and oxygen atoms in total. The van der Waals surface area contributed by atoms with Gasteiger partial charge in [-0.2, -0.15) is 0 Å². The molecule has 7 heteroatoms. The van der Waals surface area contributed by atoms with Crippen LogP contribution in [0.5, 0.6) is 5.75 Å². The van der Waals surface area contributed by atoms with Crippen LogP contribution in [0.15, 0.2) is 42.7 Å². The van der Waals surface area contributed by atoms with Crippen molar-refractivity contribution in [2.24, 2.45) is 0 Å². The van der Waals surface area contributed by atoms with Crippen molar-refractivity contribution < 1.29 is 9.53 Å². The monoisotopic (exact) mass is 361 g/mol. The summed E-state index contributed by atoms with van der Waals surface area (Å²) in [5, 5.41) is 4.12. The number of halogens is 1. The SMILES string of the molecule is CCc1sc(-n2cccc2)nc1C(=O)Nc1cc(Cl)ccc1OC. The predicted octanol–water partition coefficient (Wildman–Crippen LogP) is 4.41. The topological polar surface area (TPSA) is 56.2 Å². The van der Waals surface area contributed by atoms with Gasteiger partial charge in [0.25, 0.3) is 5.91 Å². The third-order valence-electron chi connectivity index (χ3n) is 3.46. The zero-order valence-corrected chi connectivity index (χ0v) is 14.8. The molecule has 2 aromatic heterocycles. The molecule has 1 amide bonds. The van der Waals surface area contributed by atoms with Crippen LogP contribution in [-0.2, 0) is 6.42 Å². The van der Waals surface area contributed by atoms with E-state index in [4.69, 9.17) is 16.3 Å². The van der Waals surface area contributed by atoms with Gasteiger partial charge in [-0.1, -0.05) is 18.5 Å². The number of rotatable bonds is 5. The highest BCUT2D eigenvalue weighted by Crippen LogP contribution is 2.29. The molecule has 0 fully saturated rings. The Kier molecular flexibility index (Phi) is 4.87. The van der Waals surface area contributed by atoms with E-state index in [9.17, 15) is 4.79 Å². The minimum Gasteiger partial charge on any atom is -0.495 e. The lowest BCUT2D eigenvalue weighted by Gasteiger charge is -2.10. The van der Waals surface area contributed by atoms with Gasteiger partial charge in [0.15, 0.2) is 5.13 Å². The average molecular weight is 362 g/mol. The fourth-order valence-corrected chi connectivity index (χ4v) is 3.42. The number of ether oxygens (including phenoxy) is 1. The number of hydrogen-bond acceptors (Lipinski definition) is 4. The lowest BCUT2D eigenvalue weighted by atomic mass is 10.2. The number of carbonyl (C=O) groups is 1. The fraction of sp³-hybridized carbons (Fsp3) is 0.176. The van der Waals surface area contributed by atoms with E-state index >= 15 is 0 Å². The summed E-state index contributed by atoms with van der Waals surface area (Å²) >= 11 is 7.51. The summed E-state index contributed by atoms with van der Waals surface area (Å²) in [6.45, 7) is 2.00. The van der Waals surface area contributed by atoms with E-state index in [1.807, 2.05) is 36.0 Å². The number of benzene rings is 1. The molecule has 2 heterocycles. The number of nitrogens with one attached hydrogen (secondary N) is 1. The van der Waals surface area contributed by atoms with E-state index in [0.29, 0.717) is 22.2 Å². The molecule has 1 aromatic carbocycles. The van der Waals surface area contributed by atoms with Crippen molar-refractivity contribution in [2.75, 3.05) is 12.4 Å². The number of carbonyl (C=O) groups excluding carboxylic acids is 1. The molecule has 124 valence electrons. The van der Waals surface area contributed by atoms with Crippen molar-refractivity contribution in [1.82, 2.24) is 9.55 Å². The van der Waals surface area contributed by atoms with Gasteiger partial charge in [-0.05, 0) is 36.8 Å². The van der Waals surface area contributed by atoms with Gasteiger partial charge in [-0.15, -0.1) is 11.3 Å². The van der Waals surface area contributed by atoms with Crippen LogP contribution in [0, 0.1) is 0 Å². The number of methoxy groups -OCH3 is 1. The zero-order valence-electron chi connectivity index (χ0n) is 13.2. The lowest BCUT2D eigenvalue weighted by molar-refractivity contribution is 0.102. The van der Waals surface area contributed by atoms with Crippen LogP contribution in [0.25, 0.3) is 5.13 Å². The molecule has 0 atom stereocenters. The highest BCUT2D eigenvalue weighted by atomic mass is 35.5. The van der Waals surface area contributed by atoms with E-state index in [2.05, 4.69) is 10.3 Å². The van der Waals surface area contributed by atoms with Gasteiger partial charge >= 0.3 is 0 Å². The van der Waals surface area contributed by atoms with Gasteiger partial charge in [0.1, 0.15) is 11.4 Å². The Morgan fingerprint density at radius 3 is 2.79 bits per heavy atom. The Morgan fingerprint density at radius 2 is 2.12 bits per heavy atom. The number of amides is 1. The normalized spacial score (nSPS) is 10.6. The Bertz CT molecular complexity index is 859.